The highest BCUT2D eigenvalue weighted by Crippen LogP contribution is 2.22. The summed E-state index contributed by atoms with van der Waals surface area (Å²) >= 11 is 0. The number of hydrogen-bond acceptors (Lipinski definition) is 4. The van der Waals surface area contributed by atoms with Gasteiger partial charge in [-0.05, 0) is 36.6 Å². The van der Waals surface area contributed by atoms with E-state index < -0.39 is 0 Å². The van der Waals surface area contributed by atoms with Gasteiger partial charge in [0.15, 0.2) is 0 Å². The third kappa shape index (κ3) is 4.11. The number of rotatable bonds is 7. The number of aliphatic hydroxyl groups excluding tert-OH is 1. The molecule has 1 atom stereocenters. The molecule has 2 heterocycles. The first kappa shape index (κ1) is 18.7. The quantitative estimate of drug-likeness (QED) is 0.662. The normalized spacial score (nSPS) is 17.2. The minimum absolute atomic E-state index is 0.0178. The van der Waals surface area contributed by atoms with Gasteiger partial charge in [0, 0.05) is 30.1 Å². The molecule has 2 N–H and O–H groups in total. The van der Waals surface area contributed by atoms with Gasteiger partial charge in [0.2, 0.25) is 5.91 Å². The smallest absolute Gasteiger partial charge is 0.224 e. The Morgan fingerprint density at radius 1 is 1.11 bits per heavy atom. The standard InChI is InChI=1S/C23H26N2O3/c26-15-20-8-5-11-25(20)14-18-7-2-1-6-17(18)13-24-23(27)12-19-16-28-22-10-4-3-9-21(19)22/h1-4,6-7,9-10,16,20,26H,5,8,11-15H2,(H,24,27). The third-order valence-electron chi connectivity index (χ3n) is 5.59. The van der Waals surface area contributed by atoms with E-state index in [0.29, 0.717) is 13.0 Å². The molecule has 0 bridgehead atoms. The second-order valence-corrected chi connectivity index (χ2v) is 7.43. The third-order valence-corrected chi connectivity index (χ3v) is 5.59. The lowest BCUT2D eigenvalue weighted by Crippen LogP contribution is -2.32. The molecule has 1 aliphatic heterocycles. The van der Waals surface area contributed by atoms with Crippen LogP contribution in [-0.2, 0) is 24.3 Å². The zero-order chi connectivity index (χ0) is 19.3. The maximum atomic E-state index is 12.5. The van der Waals surface area contributed by atoms with Crippen molar-refractivity contribution in [3.8, 4) is 0 Å². The highest BCUT2D eigenvalue weighted by molar-refractivity contribution is 5.87. The van der Waals surface area contributed by atoms with Gasteiger partial charge in [-0.1, -0.05) is 42.5 Å². The minimum atomic E-state index is -0.0178. The topological polar surface area (TPSA) is 65.7 Å². The fourth-order valence-electron chi connectivity index (χ4n) is 4.01. The van der Waals surface area contributed by atoms with Crippen LogP contribution in [-0.4, -0.2) is 35.1 Å². The summed E-state index contributed by atoms with van der Waals surface area (Å²) in [7, 11) is 0. The van der Waals surface area contributed by atoms with Crippen LogP contribution < -0.4 is 5.32 Å². The number of aliphatic hydroxyl groups is 1. The zero-order valence-corrected chi connectivity index (χ0v) is 15.9. The zero-order valence-electron chi connectivity index (χ0n) is 15.9. The van der Waals surface area contributed by atoms with E-state index >= 15 is 0 Å². The molecule has 4 rings (SSSR count). The van der Waals surface area contributed by atoms with Crippen LogP contribution in [0.25, 0.3) is 11.0 Å². The first-order valence-corrected chi connectivity index (χ1v) is 9.88. The summed E-state index contributed by atoms with van der Waals surface area (Å²) in [5, 5.41) is 13.6. The van der Waals surface area contributed by atoms with Gasteiger partial charge in [0.25, 0.3) is 0 Å². The molecule has 0 radical (unpaired) electrons. The van der Waals surface area contributed by atoms with Crippen LogP contribution in [0, 0.1) is 0 Å². The van der Waals surface area contributed by atoms with Crippen molar-refractivity contribution < 1.29 is 14.3 Å². The molecular formula is C23H26N2O3. The minimum Gasteiger partial charge on any atom is -0.464 e. The highest BCUT2D eigenvalue weighted by Gasteiger charge is 2.24. The molecule has 1 aromatic heterocycles. The highest BCUT2D eigenvalue weighted by atomic mass is 16.3. The lowest BCUT2D eigenvalue weighted by atomic mass is 10.1. The molecule has 1 fully saturated rings. The van der Waals surface area contributed by atoms with Crippen molar-refractivity contribution in [2.45, 2.75) is 38.4 Å². The number of fused-ring (bicyclic) bond motifs is 1. The van der Waals surface area contributed by atoms with Crippen molar-refractivity contribution >= 4 is 16.9 Å². The van der Waals surface area contributed by atoms with Crippen LogP contribution in [0.4, 0.5) is 0 Å². The van der Waals surface area contributed by atoms with Crippen molar-refractivity contribution in [3.05, 3.63) is 71.5 Å². The van der Waals surface area contributed by atoms with E-state index in [9.17, 15) is 9.90 Å². The van der Waals surface area contributed by atoms with Crippen molar-refractivity contribution in [1.82, 2.24) is 10.2 Å². The lowest BCUT2D eigenvalue weighted by molar-refractivity contribution is -0.120. The van der Waals surface area contributed by atoms with Crippen molar-refractivity contribution in [1.29, 1.82) is 0 Å². The molecule has 3 aromatic rings. The molecule has 1 saturated heterocycles. The van der Waals surface area contributed by atoms with Gasteiger partial charge in [-0.2, -0.15) is 0 Å². The van der Waals surface area contributed by atoms with Crippen LogP contribution >= 0.6 is 0 Å². The summed E-state index contributed by atoms with van der Waals surface area (Å²) < 4.78 is 5.52. The van der Waals surface area contributed by atoms with E-state index in [1.54, 1.807) is 6.26 Å². The Labute approximate surface area is 165 Å². The largest absolute Gasteiger partial charge is 0.464 e. The van der Waals surface area contributed by atoms with E-state index in [4.69, 9.17) is 4.42 Å². The average molecular weight is 378 g/mol. The van der Waals surface area contributed by atoms with Crippen molar-refractivity contribution in [3.63, 3.8) is 0 Å². The Morgan fingerprint density at radius 3 is 2.75 bits per heavy atom. The van der Waals surface area contributed by atoms with Crippen molar-refractivity contribution in [2.24, 2.45) is 0 Å². The molecule has 1 unspecified atom stereocenters. The fourth-order valence-corrected chi connectivity index (χ4v) is 4.01. The number of amides is 1. The molecule has 0 saturated carbocycles. The van der Waals surface area contributed by atoms with Gasteiger partial charge in [-0.25, -0.2) is 0 Å². The Bertz CT molecular complexity index is 950. The number of carbonyl (C=O) groups is 1. The van der Waals surface area contributed by atoms with Crippen LogP contribution in [0.2, 0.25) is 0 Å². The summed E-state index contributed by atoms with van der Waals surface area (Å²) in [6, 6.07) is 16.2. The average Bonchev–Trinajstić information content (AvgIpc) is 3.34. The molecule has 5 heteroatoms. The fraction of sp³-hybridized carbons (Fsp3) is 0.348. The van der Waals surface area contributed by atoms with Crippen LogP contribution in [0.1, 0.15) is 29.5 Å². The van der Waals surface area contributed by atoms with Crippen LogP contribution in [0.5, 0.6) is 0 Å². The number of likely N-dealkylation sites (tertiary alicyclic amines) is 1. The second-order valence-electron chi connectivity index (χ2n) is 7.43. The molecule has 0 spiro atoms. The predicted molar refractivity (Wildman–Crippen MR) is 109 cm³/mol. The van der Waals surface area contributed by atoms with Crippen LogP contribution in [0.3, 0.4) is 0 Å². The summed E-state index contributed by atoms with van der Waals surface area (Å²) in [5.74, 6) is -0.0178. The maximum absolute atomic E-state index is 12.5. The van der Waals surface area contributed by atoms with Crippen LogP contribution in [0.15, 0.2) is 59.2 Å². The number of benzene rings is 2. The molecule has 5 nitrogen and oxygen atoms in total. The molecule has 1 amide bonds. The van der Waals surface area contributed by atoms with E-state index in [0.717, 1.165) is 48.0 Å². The molecule has 28 heavy (non-hydrogen) atoms. The summed E-state index contributed by atoms with van der Waals surface area (Å²) in [6.07, 6.45) is 4.15. The van der Waals surface area contributed by atoms with Gasteiger partial charge in [-0.3, -0.25) is 9.69 Å². The molecule has 2 aromatic carbocycles. The maximum Gasteiger partial charge on any atom is 0.224 e. The van der Waals surface area contributed by atoms with Gasteiger partial charge in [-0.15, -0.1) is 0 Å². The van der Waals surface area contributed by atoms with Crippen molar-refractivity contribution in [2.75, 3.05) is 13.2 Å². The Balaban J connectivity index is 1.39. The summed E-state index contributed by atoms with van der Waals surface area (Å²) in [6.45, 7) is 2.53. The Hall–Kier alpha value is -2.63. The first-order valence-electron chi connectivity index (χ1n) is 9.88. The number of furan rings is 1. The molecule has 1 aliphatic rings. The van der Waals surface area contributed by atoms with Gasteiger partial charge in [0.05, 0.1) is 19.3 Å². The number of hydrogen-bond donors (Lipinski definition) is 2. The SMILES string of the molecule is O=C(Cc1coc2ccccc12)NCc1ccccc1CN1CCCC1CO. The van der Waals surface area contributed by atoms with Gasteiger partial charge < -0.3 is 14.8 Å². The predicted octanol–water partition coefficient (Wildman–Crippen LogP) is 3.25. The Morgan fingerprint density at radius 2 is 1.89 bits per heavy atom. The van der Waals surface area contributed by atoms with Gasteiger partial charge in [0.1, 0.15) is 5.58 Å². The number of nitrogens with zero attached hydrogens (tertiary/aromatic N) is 1. The van der Waals surface area contributed by atoms with E-state index in [2.05, 4.69) is 22.3 Å². The first-order chi connectivity index (χ1) is 13.7. The molecular weight excluding hydrogens is 352 g/mol. The van der Waals surface area contributed by atoms with E-state index in [1.807, 2.05) is 36.4 Å². The summed E-state index contributed by atoms with van der Waals surface area (Å²) in [4.78, 5) is 14.8. The van der Waals surface area contributed by atoms with E-state index in [-0.39, 0.29) is 18.6 Å². The summed E-state index contributed by atoms with van der Waals surface area (Å²) in [5.41, 5.74) is 4.04. The number of carbonyl (C=O) groups excluding carboxylic acids is 1. The number of nitrogens with one attached hydrogen (secondary N) is 1. The second kappa shape index (κ2) is 8.59. The molecule has 146 valence electrons. The lowest BCUT2D eigenvalue weighted by Gasteiger charge is -2.24. The van der Waals surface area contributed by atoms with Gasteiger partial charge >= 0.3 is 0 Å². The Kier molecular flexibility index (Phi) is 5.74. The monoisotopic (exact) mass is 378 g/mol. The molecule has 0 aliphatic carbocycles. The number of para-hydroxylation sites is 1. The van der Waals surface area contributed by atoms with E-state index in [1.165, 1.54) is 5.56 Å².